The molecule has 2 aliphatic rings. The first kappa shape index (κ1) is 17.9. The Balaban J connectivity index is 1.53. The number of aryl methyl sites for hydroxylation is 1. The van der Waals surface area contributed by atoms with Gasteiger partial charge in [-0.3, -0.25) is 4.79 Å². The molecule has 0 spiro atoms. The van der Waals surface area contributed by atoms with Gasteiger partial charge >= 0.3 is 0 Å². The van der Waals surface area contributed by atoms with Gasteiger partial charge in [-0.05, 0) is 25.1 Å². The van der Waals surface area contributed by atoms with E-state index in [0.717, 1.165) is 37.3 Å². The van der Waals surface area contributed by atoms with Crippen molar-refractivity contribution in [3.63, 3.8) is 0 Å². The summed E-state index contributed by atoms with van der Waals surface area (Å²) in [5.74, 6) is 0.548. The number of fused-ring (bicyclic) bond motifs is 1. The third-order valence-corrected chi connectivity index (χ3v) is 5.44. The highest BCUT2D eigenvalue weighted by atomic mass is 16.3. The minimum absolute atomic E-state index is 0.133. The standard InChI is InChI=1S/C20H25N5O2/c1-14-17(11-21-20(22-14)24-9-7-23(2)8-10-24)19(27)25-12-15-5-3-4-6-16(15)18(26)13-25/h3-6,11,18,26H,7-10,12-13H2,1-2H3/t18-/m1/s1. The van der Waals surface area contributed by atoms with E-state index >= 15 is 0 Å². The quantitative estimate of drug-likeness (QED) is 0.861. The molecule has 2 aromatic rings. The predicted molar refractivity (Wildman–Crippen MR) is 103 cm³/mol. The summed E-state index contributed by atoms with van der Waals surface area (Å²) in [7, 11) is 2.11. The van der Waals surface area contributed by atoms with Crippen LogP contribution in [0.2, 0.25) is 0 Å². The molecule has 0 saturated carbocycles. The molecule has 2 aliphatic heterocycles. The zero-order valence-electron chi connectivity index (χ0n) is 15.8. The topological polar surface area (TPSA) is 72.8 Å². The van der Waals surface area contributed by atoms with E-state index in [4.69, 9.17) is 0 Å². The first-order valence-corrected chi connectivity index (χ1v) is 9.35. The zero-order chi connectivity index (χ0) is 19.0. The highest BCUT2D eigenvalue weighted by Crippen LogP contribution is 2.27. The molecule has 1 aromatic heterocycles. The van der Waals surface area contributed by atoms with Gasteiger partial charge in [0.25, 0.3) is 5.91 Å². The Morgan fingerprint density at radius 3 is 2.67 bits per heavy atom. The van der Waals surface area contributed by atoms with E-state index in [1.54, 1.807) is 11.1 Å². The fourth-order valence-corrected chi connectivity index (χ4v) is 3.73. The highest BCUT2D eigenvalue weighted by molar-refractivity contribution is 5.95. The van der Waals surface area contributed by atoms with Crippen LogP contribution in [0.25, 0.3) is 0 Å². The number of β-amino-alcohol motifs (C(OH)–C–C–N with tert-alkyl or cyclic N) is 1. The van der Waals surface area contributed by atoms with Crippen molar-refractivity contribution < 1.29 is 9.90 Å². The number of amides is 1. The average molecular weight is 367 g/mol. The Hall–Kier alpha value is -2.51. The number of anilines is 1. The number of piperazine rings is 1. The monoisotopic (exact) mass is 367 g/mol. The molecule has 7 heteroatoms. The van der Waals surface area contributed by atoms with Crippen LogP contribution in [0.5, 0.6) is 0 Å². The van der Waals surface area contributed by atoms with Crippen molar-refractivity contribution in [3.8, 4) is 0 Å². The lowest BCUT2D eigenvalue weighted by Crippen LogP contribution is -2.45. The largest absolute Gasteiger partial charge is 0.387 e. The van der Waals surface area contributed by atoms with E-state index in [0.29, 0.717) is 23.8 Å². The van der Waals surface area contributed by atoms with Crippen LogP contribution in [-0.4, -0.2) is 70.6 Å². The number of rotatable bonds is 2. The number of hydrogen-bond donors (Lipinski definition) is 1. The van der Waals surface area contributed by atoms with E-state index < -0.39 is 6.10 Å². The van der Waals surface area contributed by atoms with Crippen LogP contribution in [0.4, 0.5) is 5.95 Å². The smallest absolute Gasteiger partial charge is 0.257 e. The second kappa shape index (κ2) is 7.25. The van der Waals surface area contributed by atoms with E-state index in [9.17, 15) is 9.90 Å². The maximum Gasteiger partial charge on any atom is 0.257 e. The number of aliphatic hydroxyl groups excluding tert-OH is 1. The summed E-state index contributed by atoms with van der Waals surface area (Å²) in [6.07, 6.45) is 0.968. The Morgan fingerprint density at radius 1 is 1.19 bits per heavy atom. The third-order valence-electron chi connectivity index (χ3n) is 5.44. The van der Waals surface area contributed by atoms with Crippen LogP contribution in [0.15, 0.2) is 30.5 Å². The molecule has 0 bridgehead atoms. The van der Waals surface area contributed by atoms with Crippen molar-refractivity contribution in [1.29, 1.82) is 0 Å². The SMILES string of the molecule is Cc1nc(N2CCN(C)CC2)ncc1C(=O)N1Cc2ccccc2[C@H](O)C1. The molecule has 1 fully saturated rings. The van der Waals surface area contributed by atoms with Crippen molar-refractivity contribution in [1.82, 2.24) is 19.8 Å². The molecule has 0 aliphatic carbocycles. The lowest BCUT2D eigenvalue weighted by Gasteiger charge is -2.33. The summed E-state index contributed by atoms with van der Waals surface area (Å²) in [4.78, 5) is 28.2. The number of hydrogen-bond acceptors (Lipinski definition) is 6. The van der Waals surface area contributed by atoms with Gasteiger partial charge in [-0.2, -0.15) is 0 Å². The zero-order valence-corrected chi connectivity index (χ0v) is 15.8. The maximum absolute atomic E-state index is 13.0. The van der Waals surface area contributed by atoms with Gasteiger partial charge in [0.2, 0.25) is 5.95 Å². The summed E-state index contributed by atoms with van der Waals surface area (Å²) in [6.45, 7) is 6.36. The Kier molecular flexibility index (Phi) is 4.80. The third kappa shape index (κ3) is 3.52. The number of carbonyl (C=O) groups excluding carboxylic acids is 1. The Morgan fingerprint density at radius 2 is 1.93 bits per heavy atom. The van der Waals surface area contributed by atoms with E-state index in [1.165, 1.54) is 0 Å². The normalized spacial score (nSPS) is 20.5. The van der Waals surface area contributed by atoms with Gasteiger partial charge in [-0.1, -0.05) is 24.3 Å². The van der Waals surface area contributed by atoms with Crippen LogP contribution in [0, 0.1) is 6.92 Å². The van der Waals surface area contributed by atoms with Crippen LogP contribution < -0.4 is 4.90 Å². The summed E-state index contributed by atoms with van der Waals surface area (Å²) < 4.78 is 0. The van der Waals surface area contributed by atoms with Crippen LogP contribution >= 0.6 is 0 Å². The van der Waals surface area contributed by atoms with Crippen molar-refractivity contribution >= 4 is 11.9 Å². The molecule has 1 atom stereocenters. The number of benzene rings is 1. The minimum Gasteiger partial charge on any atom is -0.387 e. The second-order valence-corrected chi connectivity index (χ2v) is 7.36. The van der Waals surface area contributed by atoms with Gasteiger partial charge in [0.15, 0.2) is 0 Å². The van der Waals surface area contributed by atoms with Crippen molar-refractivity contribution in [2.45, 2.75) is 19.6 Å². The lowest BCUT2D eigenvalue weighted by atomic mass is 9.97. The molecule has 3 heterocycles. The Bertz CT molecular complexity index is 848. The summed E-state index contributed by atoms with van der Waals surface area (Å²) in [5, 5.41) is 10.4. The summed E-state index contributed by atoms with van der Waals surface area (Å²) >= 11 is 0. The molecule has 0 unspecified atom stereocenters. The summed E-state index contributed by atoms with van der Waals surface area (Å²) in [6, 6.07) is 7.71. The molecule has 27 heavy (non-hydrogen) atoms. The van der Waals surface area contributed by atoms with Crippen LogP contribution in [-0.2, 0) is 6.54 Å². The van der Waals surface area contributed by atoms with Crippen LogP contribution in [0.1, 0.15) is 33.3 Å². The fourth-order valence-electron chi connectivity index (χ4n) is 3.73. The first-order chi connectivity index (χ1) is 13.0. The van der Waals surface area contributed by atoms with Gasteiger partial charge in [0.05, 0.1) is 23.9 Å². The van der Waals surface area contributed by atoms with E-state index in [-0.39, 0.29) is 12.5 Å². The number of carbonyl (C=O) groups is 1. The number of likely N-dealkylation sites (N-methyl/N-ethyl adjacent to an activating group) is 1. The van der Waals surface area contributed by atoms with Gasteiger partial charge < -0.3 is 19.8 Å². The average Bonchev–Trinajstić information content (AvgIpc) is 2.68. The molecule has 142 valence electrons. The molecular weight excluding hydrogens is 342 g/mol. The number of aromatic nitrogens is 2. The molecule has 1 aromatic carbocycles. The Labute approximate surface area is 159 Å². The van der Waals surface area contributed by atoms with Crippen LogP contribution in [0.3, 0.4) is 0 Å². The minimum atomic E-state index is -0.662. The molecule has 0 radical (unpaired) electrons. The van der Waals surface area contributed by atoms with Gasteiger partial charge in [0, 0.05) is 38.9 Å². The second-order valence-electron chi connectivity index (χ2n) is 7.36. The molecule has 1 saturated heterocycles. The van der Waals surface area contributed by atoms with Crippen molar-refractivity contribution in [2.24, 2.45) is 0 Å². The van der Waals surface area contributed by atoms with E-state index in [1.807, 2.05) is 31.2 Å². The molecule has 1 amide bonds. The van der Waals surface area contributed by atoms with Crippen molar-refractivity contribution in [3.05, 3.63) is 52.8 Å². The van der Waals surface area contributed by atoms with Gasteiger partial charge in [0.1, 0.15) is 0 Å². The predicted octanol–water partition coefficient (Wildman–Crippen LogP) is 1.23. The van der Waals surface area contributed by atoms with Gasteiger partial charge in [-0.25, -0.2) is 9.97 Å². The molecular formula is C20H25N5O2. The number of nitrogens with zero attached hydrogens (tertiary/aromatic N) is 5. The van der Waals surface area contributed by atoms with E-state index in [2.05, 4.69) is 26.8 Å². The maximum atomic E-state index is 13.0. The van der Waals surface area contributed by atoms with Gasteiger partial charge in [-0.15, -0.1) is 0 Å². The number of aliphatic hydroxyl groups is 1. The molecule has 4 rings (SSSR count). The molecule has 7 nitrogen and oxygen atoms in total. The first-order valence-electron chi connectivity index (χ1n) is 9.35. The molecule has 1 N–H and O–H groups in total. The lowest BCUT2D eigenvalue weighted by molar-refractivity contribution is 0.0548. The highest BCUT2D eigenvalue weighted by Gasteiger charge is 2.28. The van der Waals surface area contributed by atoms with Crippen molar-refractivity contribution in [2.75, 3.05) is 44.7 Å². The fraction of sp³-hybridized carbons (Fsp3) is 0.450. The summed E-state index contributed by atoms with van der Waals surface area (Å²) in [5.41, 5.74) is 3.06.